The Bertz CT molecular complexity index is 947. The van der Waals surface area contributed by atoms with Crippen LogP contribution in [0.3, 0.4) is 0 Å². The van der Waals surface area contributed by atoms with Crippen LogP contribution in [0.15, 0.2) is 61.2 Å². The van der Waals surface area contributed by atoms with Gasteiger partial charge in [-0.3, -0.25) is 9.59 Å². The molecule has 1 unspecified atom stereocenters. The van der Waals surface area contributed by atoms with E-state index in [1.54, 1.807) is 59.5 Å². The minimum Gasteiger partial charge on any atom is -0.368 e. The minimum absolute atomic E-state index is 0.137. The molecule has 0 radical (unpaired) electrons. The van der Waals surface area contributed by atoms with Crippen LogP contribution in [-0.4, -0.2) is 39.3 Å². The third-order valence-electron chi connectivity index (χ3n) is 4.45. The van der Waals surface area contributed by atoms with Crippen molar-refractivity contribution in [3.8, 4) is 5.69 Å². The number of rotatable bonds is 5. The maximum atomic E-state index is 12.4. The van der Waals surface area contributed by atoms with Gasteiger partial charge in [0.2, 0.25) is 0 Å². The second-order valence-corrected chi connectivity index (χ2v) is 6.41. The maximum absolute atomic E-state index is 12.4. The normalized spacial score (nSPS) is 15.9. The lowest BCUT2D eigenvalue weighted by Gasteiger charge is -2.11. The number of nitrogens with zero attached hydrogens (tertiary/aromatic N) is 3. The lowest BCUT2D eigenvalue weighted by atomic mass is 10.2. The van der Waals surface area contributed by atoms with Gasteiger partial charge in [-0.15, -0.1) is 0 Å². The van der Waals surface area contributed by atoms with E-state index in [0.717, 1.165) is 18.5 Å². The molecule has 3 aromatic rings. The summed E-state index contributed by atoms with van der Waals surface area (Å²) in [6.07, 6.45) is 4.32. The van der Waals surface area contributed by atoms with Gasteiger partial charge >= 0.3 is 0 Å². The van der Waals surface area contributed by atoms with Gasteiger partial charge in [0.05, 0.1) is 5.69 Å². The first-order valence-electron chi connectivity index (χ1n) is 8.98. The topological polar surface area (TPSA) is 98.1 Å². The highest BCUT2D eigenvalue weighted by Crippen LogP contribution is 2.18. The lowest BCUT2D eigenvalue weighted by molar-refractivity contribution is -0.124. The third kappa shape index (κ3) is 4.07. The highest BCUT2D eigenvalue weighted by Gasteiger charge is 2.23. The Morgan fingerprint density at radius 3 is 2.32 bits per heavy atom. The van der Waals surface area contributed by atoms with E-state index in [4.69, 9.17) is 4.74 Å². The summed E-state index contributed by atoms with van der Waals surface area (Å²) in [6, 6.07) is 14.0. The Kier molecular flexibility index (Phi) is 5.11. The van der Waals surface area contributed by atoms with Crippen molar-refractivity contribution in [1.82, 2.24) is 14.8 Å². The molecule has 1 aliphatic heterocycles. The fraction of sp³-hybridized carbons (Fsp3) is 0.200. The fourth-order valence-electron chi connectivity index (χ4n) is 2.95. The molecule has 8 heteroatoms. The van der Waals surface area contributed by atoms with Gasteiger partial charge in [0.15, 0.2) is 0 Å². The molecule has 142 valence electrons. The van der Waals surface area contributed by atoms with Crippen LogP contribution >= 0.6 is 0 Å². The average molecular weight is 377 g/mol. The quantitative estimate of drug-likeness (QED) is 0.712. The second-order valence-electron chi connectivity index (χ2n) is 6.41. The molecule has 0 spiro atoms. The largest absolute Gasteiger partial charge is 0.368 e. The Labute approximate surface area is 161 Å². The van der Waals surface area contributed by atoms with Crippen molar-refractivity contribution in [2.75, 3.05) is 17.2 Å². The number of hydrogen-bond donors (Lipinski definition) is 2. The van der Waals surface area contributed by atoms with Crippen LogP contribution in [0.4, 0.5) is 11.4 Å². The molecule has 1 saturated heterocycles. The highest BCUT2D eigenvalue weighted by atomic mass is 16.5. The van der Waals surface area contributed by atoms with Crippen LogP contribution in [-0.2, 0) is 9.53 Å². The van der Waals surface area contributed by atoms with Crippen molar-refractivity contribution < 1.29 is 14.3 Å². The summed E-state index contributed by atoms with van der Waals surface area (Å²) >= 11 is 0. The summed E-state index contributed by atoms with van der Waals surface area (Å²) in [5.41, 5.74) is 2.65. The number of carbonyl (C=O) groups excluding carboxylic acids is 2. The van der Waals surface area contributed by atoms with Crippen molar-refractivity contribution in [3.05, 3.63) is 66.7 Å². The zero-order valence-corrected chi connectivity index (χ0v) is 15.0. The first-order chi connectivity index (χ1) is 13.7. The van der Waals surface area contributed by atoms with Gasteiger partial charge < -0.3 is 15.4 Å². The summed E-state index contributed by atoms with van der Waals surface area (Å²) in [6.45, 7) is 0.628. The summed E-state index contributed by atoms with van der Waals surface area (Å²) < 4.78 is 6.98. The standard InChI is InChI=1S/C20H19N5O3/c26-19(14-3-9-17(10-4-14)25-13-21-12-22-25)23-15-5-7-16(8-6-15)24-20(27)18-2-1-11-28-18/h3-10,12-13,18H,1-2,11H2,(H,23,26)(H,24,27). The molecule has 2 amide bonds. The molecule has 1 fully saturated rings. The van der Waals surface area contributed by atoms with Crippen LogP contribution in [0.25, 0.3) is 5.69 Å². The van der Waals surface area contributed by atoms with Crippen LogP contribution in [0, 0.1) is 0 Å². The van der Waals surface area contributed by atoms with E-state index in [1.165, 1.54) is 6.33 Å². The predicted octanol–water partition coefficient (Wildman–Crippen LogP) is 2.64. The van der Waals surface area contributed by atoms with Crippen molar-refractivity contribution in [3.63, 3.8) is 0 Å². The summed E-state index contributed by atoms with van der Waals surface area (Å²) in [5.74, 6) is -0.358. The van der Waals surface area contributed by atoms with Crippen LogP contribution in [0.2, 0.25) is 0 Å². The van der Waals surface area contributed by atoms with E-state index >= 15 is 0 Å². The Balaban J connectivity index is 1.36. The summed E-state index contributed by atoms with van der Waals surface area (Å²) in [7, 11) is 0. The second kappa shape index (κ2) is 8.01. The maximum Gasteiger partial charge on any atom is 0.255 e. The van der Waals surface area contributed by atoms with Crippen molar-refractivity contribution >= 4 is 23.2 Å². The monoisotopic (exact) mass is 377 g/mol. The van der Waals surface area contributed by atoms with E-state index in [-0.39, 0.29) is 17.9 Å². The highest BCUT2D eigenvalue weighted by molar-refractivity contribution is 6.04. The number of anilines is 2. The number of ether oxygens (including phenoxy) is 1. The number of amides is 2. The Morgan fingerprint density at radius 2 is 1.71 bits per heavy atom. The molecule has 4 rings (SSSR count). The molecular weight excluding hydrogens is 358 g/mol. The fourth-order valence-corrected chi connectivity index (χ4v) is 2.95. The third-order valence-corrected chi connectivity index (χ3v) is 4.45. The van der Waals surface area contributed by atoms with Crippen molar-refractivity contribution in [2.24, 2.45) is 0 Å². The molecule has 28 heavy (non-hydrogen) atoms. The molecule has 0 bridgehead atoms. The molecule has 8 nitrogen and oxygen atoms in total. The van der Waals surface area contributed by atoms with E-state index < -0.39 is 0 Å². The van der Waals surface area contributed by atoms with Crippen molar-refractivity contribution in [2.45, 2.75) is 18.9 Å². The molecule has 0 aliphatic carbocycles. The minimum atomic E-state index is -0.375. The zero-order chi connectivity index (χ0) is 19.3. The number of nitrogens with one attached hydrogen (secondary N) is 2. The first-order valence-corrected chi connectivity index (χ1v) is 8.98. The van der Waals surface area contributed by atoms with Gasteiger partial charge in [-0.25, -0.2) is 9.67 Å². The van der Waals surface area contributed by atoms with Gasteiger partial charge in [0.1, 0.15) is 18.8 Å². The molecule has 1 atom stereocenters. The molecule has 2 heterocycles. The molecule has 2 aromatic carbocycles. The lowest BCUT2D eigenvalue weighted by Crippen LogP contribution is -2.26. The molecule has 1 aromatic heterocycles. The molecule has 2 N–H and O–H groups in total. The molecule has 0 saturated carbocycles. The SMILES string of the molecule is O=C(Nc1ccc(NC(=O)C2CCCO2)cc1)c1ccc(-n2cncn2)cc1. The molecular formula is C20H19N5O3. The van der Waals surface area contributed by atoms with Gasteiger partial charge in [-0.05, 0) is 61.4 Å². The van der Waals surface area contributed by atoms with Crippen LogP contribution in [0.1, 0.15) is 23.2 Å². The zero-order valence-electron chi connectivity index (χ0n) is 15.0. The Morgan fingerprint density at radius 1 is 1.00 bits per heavy atom. The van der Waals surface area contributed by atoms with Crippen LogP contribution in [0.5, 0.6) is 0 Å². The number of hydrogen-bond acceptors (Lipinski definition) is 5. The average Bonchev–Trinajstić information content (AvgIpc) is 3.44. The first kappa shape index (κ1) is 17.9. The number of carbonyl (C=O) groups is 2. The van der Waals surface area contributed by atoms with E-state index in [2.05, 4.69) is 20.7 Å². The summed E-state index contributed by atoms with van der Waals surface area (Å²) in [5, 5.41) is 9.71. The van der Waals surface area contributed by atoms with Gasteiger partial charge in [-0.1, -0.05) is 0 Å². The van der Waals surface area contributed by atoms with Crippen molar-refractivity contribution in [1.29, 1.82) is 0 Å². The van der Waals surface area contributed by atoms with E-state index in [1.807, 2.05) is 0 Å². The van der Waals surface area contributed by atoms with Gasteiger partial charge in [0.25, 0.3) is 11.8 Å². The van der Waals surface area contributed by atoms with E-state index in [0.29, 0.717) is 23.5 Å². The predicted molar refractivity (Wildman–Crippen MR) is 103 cm³/mol. The van der Waals surface area contributed by atoms with Gasteiger partial charge in [0, 0.05) is 23.5 Å². The van der Waals surface area contributed by atoms with Gasteiger partial charge in [-0.2, -0.15) is 5.10 Å². The molecule has 1 aliphatic rings. The Hall–Kier alpha value is -3.52. The van der Waals surface area contributed by atoms with E-state index in [9.17, 15) is 9.59 Å². The number of aromatic nitrogens is 3. The van der Waals surface area contributed by atoms with Crippen LogP contribution < -0.4 is 10.6 Å². The summed E-state index contributed by atoms with van der Waals surface area (Å²) in [4.78, 5) is 28.4. The smallest absolute Gasteiger partial charge is 0.255 e. The number of benzene rings is 2.